The minimum atomic E-state index is -0.489. The molecule has 0 radical (unpaired) electrons. The third-order valence-electron chi connectivity index (χ3n) is 4.39. The highest BCUT2D eigenvalue weighted by Crippen LogP contribution is 2.20. The molecule has 1 atom stereocenters. The van der Waals surface area contributed by atoms with Gasteiger partial charge in [0.05, 0.1) is 23.4 Å². The number of aromatic nitrogens is 1. The van der Waals surface area contributed by atoms with Gasteiger partial charge in [-0.2, -0.15) is 0 Å². The smallest absolute Gasteiger partial charge is 0.254 e. The number of aliphatic imine (C=N–C) groups is 2. The molecule has 8 nitrogen and oxygen atoms in total. The Morgan fingerprint density at radius 1 is 1.40 bits per heavy atom. The van der Waals surface area contributed by atoms with E-state index in [9.17, 15) is 9.18 Å². The highest BCUT2D eigenvalue weighted by atomic mass is 35.5. The average Bonchev–Trinajstić information content (AvgIpc) is 2.76. The van der Waals surface area contributed by atoms with Crippen molar-refractivity contribution in [3.63, 3.8) is 0 Å². The van der Waals surface area contributed by atoms with Crippen molar-refractivity contribution in [3.8, 4) is 0 Å². The fraction of sp³-hybridized carbons (Fsp3) is 0.300. The van der Waals surface area contributed by atoms with Gasteiger partial charge in [0.15, 0.2) is 5.84 Å². The van der Waals surface area contributed by atoms with E-state index in [0.717, 1.165) is 0 Å². The van der Waals surface area contributed by atoms with Crippen molar-refractivity contribution in [2.24, 2.45) is 15.7 Å². The van der Waals surface area contributed by atoms with Crippen molar-refractivity contribution >= 4 is 34.9 Å². The second-order valence-corrected chi connectivity index (χ2v) is 6.89. The molecule has 0 bridgehead atoms. The Kier molecular flexibility index (Phi) is 7.45. The van der Waals surface area contributed by atoms with Crippen molar-refractivity contribution < 1.29 is 13.9 Å². The number of ether oxygens (including phenoxy) is 1. The Morgan fingerprint density at radius 2 is 2.23 bits per heavy atom. The molecule has 1 aliphatic rings. The van der Waals surface area contributed by atoms with Crippen molar-refractivity contribution in [2.75, 3.05) is 32.1 Å². The number of anilines is 1. The number of methoxy groups -OCH3 is 1. The number of amidine groups is 2. The molecule has 1 aromatic heterocycles. The van der Waals surface area contributed by atoms with Crippen LogP contribution in [-0.4, -0.2) is 55.4 Å². The number of amides is 1. The first kappa shape index (κ1) is 21.8. The lowest BCUT2D eigenvalue weighted by Crippen LogP contribution is -2.37. The van der Waals surface area contributed by atoms with E-state index in [-0.39, 0.29) is 23.9 Å². The zero-order valence-electron chi connectivity index (χ0n) is 16.4. The third-order valence-corrected chi connectivity index (χ3v) is 4.62. The van der Waals surface area contributed by atoms with E-state index in [1.165, 1.54) is 31.5 Å². The summed E-state index contributed by atoms with van der Waals surface area (Å²) >= 11 is 6.00. The van der Waals surface area contributed by atoms with Gasteiger partial charge in [-0.05, 0) is 37.2 Å². The van der Waals surface area contributed by atoms with Crippen LogP contribution < -0.4 is 16.4 Å². The summed E-state index contributed by atoms with van der Waals surface area (Å²) in [6, 6.07) is 5.83. The Labute approximate surface area is 178 Å². The number of nitrogens with two attached hydrogens (primary N) is 1. The molecule has 2 aromatic rings. The number of rotatable bonds is 7. The zero-order chi connectivity index (χ0) is 21.5. The summed E-state index contributed by atoms with van der Waals surface area (Å²) in [5.41, 5.74) is 6.48. The molecule has 0 fully saturated rings. The maximum absolute atomic E-state index is 14.3. The van der Waals surface area contributed by atoms with Crippen LogP contribution in [0.15, 0.2) is 46.6 Å². The van der Waals surface area contributed by atoms with Gasteiger partial charge in [-0.15, -0.1) is 0 Å². The molecule has 1 amide bonds. The molecule has 4 N–H and O–H groups in total. The number of carbonyl (C=O) groups excluding carboxylic acids is 1. The number of nitrogens with zero attached hydrogens (tertiary/aromatic N) is 3. The number of benzene rings is 1. The fourth-order valence-corrected chi connectivity index (χ4v) is 2.98. The molecule has 0 saturated heterocycles. The van der Waals surface area contributed by atoms with Crippen molar-refractivity contribution in [1.82, 2.24) is 10.3 Å². The van der Waals surface area contributed by atoms with Crippen LogP contribution in [0, 0.1) is 5.82 Å². The monoisotopic (exact) mass is 432 g/mol. The number of carbonyl (C=O) groups is 1. The van der Waals surface area contributed by atoms with E-state index in [1.807, 2.05) is 0 Å². The molecule has 0 saturated carbocycles. The summed E-state index contributed by atoms with van der Waals surface area (Å²) < 4.78 is 19.7. The molecular formula is C20H22ClFN6O2. The molecule has 0 aliphatic carbocycles. The highest BCUT2D eigenvalue weighted by Gasteiger charge is 2.24. The molecule has 1 aliphatic heterocycles. The van der Waals surface area contributed by atoms with Gasteiger partial charge in [0.1, 0.15) is 17.8 Å². The molecule has 1 unspecified atom stereocenters. The summed E-state index contributed by atoms with van der Waals surface area (Å²) in [7, 11) is 1.52. The second-order valence-electron chi connectivity index (χ2n) is 6.45. The maximum atomic E-state index is 14.3. The molecule has 10 heteroatoms. The van der Waals surface area contributed by atoms with Gasteiger partial charge in [0.25, 0.3) is 5.91 Å². The number of halogens is 2. The average molecular weight is 433 g/mol. The molecule has 158 valence electrons. The largest absolute Gasteiger partial charge is 0.372 e. The molecule has 30 heavy (non-hydrogen) atoms. The maximum Gasteiger partial charge on any atom is 0.254 e. The minimum absolute atomic E-state index is 0.186. The van der Waals surface area contributed by atoms with E-state index >= 15 is 0 Å². The van der Waals surface area contributed by atoms with Crippen LogP contribution in [0.4, 0.5) is 10.1 Å². The second kappa shape index (κ2) is 10.2. The first-order valence-electron chi connectivity index (χ1n) is 9.34. The van der Waals surface area contributed by atoms with Gasteiger partial charge >= 0.3 is 0 Å². The number of hydrogen-bond donors (Lipinski definition) is 3. The van der Waals surface area contributed by atoms with E-state index in [0.29, 0.717) is 41.6 Å². The predicted molar refractivity (Wildman–Crippen MR) is 115 cm³/mol. The lowest BCUT2D eigenvalue weighted by Gasteiger charge is -2.23. The van der Waals surface area contributed by atoms with Crippen molar-refractivity contribution in [1.29, 1.82) is 0 Å². The first-order chi connectivity index (χ1) is 14.5. The standard InChI is InChI=1S/C20H22ClFN6O2/c1-30-17-11-26-18(13-9-12(21)3-4-15(13)22)28-19(17)27-16-5-8-24-10-14(16)20(29)25-7-2-6-23/h3-5,8-10,17H,2,6-7,11,23H2,1H3,(H,25,29)(H,24,26,27,28). The van der Waals surface area contributed by atoms with Gasteiger partial charge in [0.2, 0.25) is 0 Å². The third kappa shape index (κ3) is 5.18. The highest BCUT2D eigenvalue weighted by molar-refractivity contribution is 6.31. The van der Waals surface area contributed by atoms with E-state index < -0.39 is 11.9 Å². The van der Waals surface area contributed by atoms with Gasteiger partial charge in [-0.25, -0.2) is 9.38 Å². The molecular weight excluding hydrogens is 411 g/mol. The van der Waals surface area contributed by atoms with Gasteiger partial charge in [0, 0.05) is 31.1 Å². The van der Waals surface area contributed by atoms with Crippen LogP contribution in [0.25, 0.3) is 0 Å². The summed E-state index contributed by atoms with van der Waals surface area (Å²) in [6.45, 7) is 1.16. The Bertz CT molecular complexity index is 982. The van der Waals surface area contributed by atoms with Crippen LogP contribution >= 0.6 is 11.6 Å². The SMILES string of the molecule is COC1CN=C(c2cc(Cl)ccc2F)N=C1Nc1ccncc1C(=O)NCCCN. The van der Waals surface area contributed by atoms with Crippen molar-refractivity contribution in [3.05, 3.63) is 58.6 Å². The van der Waals surface area contributed by atoms with Gasteiger partial charge in [-0.1, -0.05) is 11.6 Å². The zero-order valence-corrected chi connectivity index (χ0v) is 17.1. The van der Waals surface area contributed by atoms with Crippen LogP contribution in [0.5, 0.6) is 0 Å². The van der Waals surface area contributed by atoms with E-state index in [4.69, 9.17) is 22.1 Å². The summed E-state index contributed by atoms with van der Waals surface area (Å²) in [5.74, 6) is -0.196. The lowest BCUT2D eigenvalue weighted by atomic mass is 10.1. The van der Waals surface area contributed by atoms with Crippen molar-refractivity contribution in [2.45, 2.75) is 12.5 Å². The lowest BCUT2D eigenvalue weighted by molar-refractivity contribution is 0.0954. The van der Waals surface area contributed by atoms with Crippen LogP contribution in [0.1, 0.15) is 22.3 Å². The summed E-state index contributed by atoms with van der Waals surface area (Å²) in [6.07, 6.45) is 3.18. The summed E-state index contributed by atoms with van der Waals surface area (Å²) in [4.78, 5) is 25.3. The normalized spacial score (nSPS) is 15.9. The van der Waals surface area contributed by atoms with E-state index in [1.54, 1.807) is 12.3 Å². The topological polar surface area (TPSA) is 114 Å². The predicted octanol–water partition coefficient (Wildman–Crippen LogP) is 2.24. The Morgan fingerprint density at radius 3 is 3.00 bits per heavy atom. The number of nitrogens with one attached hydrogen (secondary N) is 2. The summed E-state index contributed by atoms with van der Waals surface area (Å²) in [5, 5.41) is 6.29. The minimum Gasteiger partial charge on any atom is -0.372 e. The molecule has 0 spiro atoms. The quantitative estimate of drug-likeness (QED) is 0.580. The molecule has 2 heterocycles. The Balaban J connectivity index is 1.89. The molecule has 3 rings (SSSR count). The first-order valence-corrected chi connectivity index (χ1v) is 9.71. The number of pyridine rings is 1. The van der Waals surface area contributed by atoms with Gasteiger partial charge < -0.3 is 21.1 Å². The van der Waals surface area contributed by atoms with Gasteiger partial charge in [-0.3, -0.25) is 14.8 Å². The fourth-order valence-electron chi connectivity index (χ4n) is 2.81. The number of hydrogen-bond acceptors (Lipinski definition) is 7. The van der Waals surface area contributed by atoms with E-state index in [2.05, 4.69) is 25.6 Å². The Hall–Kier alpha value is -2.88. The van der Waals surface area contributed by atoms with Crippen LogP contribution in [0.2, 0.25) is 5.02 Å². The molecule has 1 aromatic carbocycles. The van der Waals surface area contributed by atoms with Crippen LogP contribution in [0.3, 0.4) is 0 Å². The van der Waals surface area contributed by atoms with Crippen LogP contribution in [-0.2, 0) is 4.74 Å².